The van der Waals surface area contributed by atoms with Gasteiger partial charge in [-0.15, -0.1) is 0 Å². The Morgan fingerprint density at radius 2 is 0.508 bits per heavy atom. The molecule has 6 heteroatoms. The van der Waals surface area contributed by atoms with Crippen molar-refractivity contribution in [1.29, 1.82) is 0 Å². The standard InChI is InChI=1S/C59H114O6/c1-6-7-8-9-10-11-12-13-14-15-16-20-23-29-34-39-44-49-57(60)63-52-56(53-64-58(61)50-45-40-35-30-26-25-28-33-38-43-48-55(4)5)65-59(62)51-46-41-36-31-24-21-18-17-19-22-27-32-37-42-47-54(2)3/h54-56H,6-53H2,1-5H3/t56-/m0/s1. The van der Waals surface area contributed by atoms with Crippen molar-refractivity contribution < 1.29 is 28.6 Å². The number of rotatable bonds is 53. The zero-order valence-electron chi connectivity index (χ0n) is 44.6. The lowest BCUT2D eigenvalue weighted by molar-refractivity contribution is -0.167. The fourth-order valence-electron chi connectivity index (χ4n) is 9.05. The van der Waals surface area contributed by atoms with Gasteiger partial charge in [0.1, 0.15) is 13.2 Å². The van der Waals surface area contributed by atoms with Crippen molar-refractivity contribution in [2.24, 2.45) is 11.8 Å². The van der Waals surface area contributed by atoms with E-state index >= 15 is 0 Å². The van der Waals surface area contributed by atoms with Gasteiger partial charge < -0.3 is 14.2 Å². The average Bonchev–Trinajstić information content (AvgIpc) is 3.28. The number of carbonyl (C=O) groups is 3. The van der Waals surface area contributed by atoms with E-state index in [0.717, 1.165) is 69.6 Å². The second-order valence-corrected chi connectivity index (χ2v) is 21.2. The lowest BCUT2D eigenvalue weighted by atomic mass is 10.0. The first-order valence-corrected chi connectivity index (χ1v) is 29.2. The van der Waals surface area contributed by atoms with Gasteiger partial charge in [-0.3, -0.25) is 14.4 Å². The molecule has 0 aliphatic heterocycles. The Balaban J connectivity index is 4.29. The van der Waals surface area contributed by atoms with Crippen LogP contribution in [-0.2, 0) is 28.6 Å². The van der Waals surface area contributed by atoms with Crippen molar-refractivity contribution in [3.8, 4) is 0 Å². The molecule has 1 atom stereocenters. The highest BCUT2D eigenvalue weighted by Gasteiger charge is 2.19. The van der Waals surface area contributed by atoms with Crippen molar-refractivity contribution in [2.45, 2.75) is 336 Å². The van der Waals surface area contributed by atoms with E-state index in [1.54, 1.807) is 0 Å². The van der Waals surface area contributed by atoms with Crippen molar-refractivity contribution in [2.75, 3.05) is 13.2 Å². The molecule has 386 valence electrons. The van der Waals surface area contributed by atoms with E-state index in [-0.39, 0.29) is 31.1 Å². The van der Waals surface area contributed by atoms with Crippen molar-refractivity contribution in [1.82, 2.24) is 0 Å². The first-order chi connectivity index (χ1) is 31.7. The molecule has 6 nitrogen and oxygen atoms in total. The molecular formula is C59H114O6. The molecule has 0 aliphatic carbocycles. The van der Waals surface area contributed by atoms with Crippen molar-refractivity contribution >= 4 is 17.9 Å². The lowest BCUT2D eigenvalue weighted by Crippen LogP contribution is -2.30. The monoisotopic (exact) mass is 919 g/mol. The molecule has 0 rings (SSSR count). The molecule has 0 aromatic carbocycles. The Morgan fingerprint density at radius 3 is 0.754 bits per heavy atom. The molecule has 0 spiro atoms. The van der Waals surface area contributed by atoms with Crippen molar-refractivity contribution in [3.05, 3.63) is 0 Å². The zero-order valence-corrected chi connectivity index (χ0v) is 44.6. The summed E-state index contributed by atoms with van der Waals surface area (Å²) >= 11 is 0. The van der Waals surface area contributed by atoms with Gasteiger partial charge in [0.05, 0.1) is 0 Å². The minimum atomic E-state index is -0.763. The summed E-state index contributed by atoms with van der Waals surface area (Å²) in [4.78, 5) is 38.1. The number of unbranched alkanes of at least 4 members (excludes halogenated alkanes) is 38. The Morgan fingerprint density at radius 1 is 0.292 bits per heavy atom. The number of hydrogen-bond donors (Lipinski definition) is 0. The van der Waals surface area contributed by atoms with Crippen LogP contribution in [0.4, 0.5) is 0 Å². The van der Waals surface area contributed by atoms with E-state index in [1.165, 1.54) is 218 Å². The Labute approximate surface area is 406 Å². The number of carbonyl (C=O) groups excluding carboxylic acids is 3. The first kappa shape index (κ1) is 63.4. The Bertz CT molecular complexity index is 993. The minimum Gasteiger partial charge on any atom is -0.462 e. The smallest absolute Gasteiger partial charge is 0.306 e. The molecule has 0 N–H and O–H groups in total. The third-order valence-corrected chi connectivity index (χ3v) is 13.5. The van der Waals surface area contributed by atoms with Crippen LogP contribution in [0, 0.1) is 11.8 Å². The maximum atomic E-state index is 12.9. The third kappa shape index (κ3) is 53.2. The van der Waals surface area contributed by atoms with Gasteiger partial charge in [-0.1, -0.05) is 291 Å². The Hall–Kier alpha value is -1.59. The molecule has 65 heavy (non-hydrogen) atoms. The second-order valence-electron chi connectivity index (χ2n) is 21.2. The van der Waals surface area contributed by atoms with E-state index in [2.05, 4.69) is 34.6 Å². The van der Waals surface area contributed by atoms with Crippen LogP contribution in [0.3, 0.4) is 0 Å². The average molecular weight is 920 g/mol. The van der Waals surface area contributed by atoms with Crippen LogP contribution < -0.4 is 0 Å². The maximum absolute atomic E-state index is 12.9. The predicted octanol–water partition coefficient (Wildman–Crippen LogP) is 19.3. The van der Waals surface area contributed by atoms with Gasteiger partial charge in [0, 0.05) is 19.3 Å². The Kier molecular flexibility index (Phi) is 50.5. The summed E-state index contributed by atoms with van der Waals surface area (Å²) in [5, 5.41) is 0. The number of hydrogen-bond acceptors (Lipinski definition) is 6. The molecule has 0 radical (unpaired) electrons. The van der Waals surface area contributed by atoms with Gasteiger partial charge in [-0.2, -0.15) is 0 Å². The van der Waals surface area contributed by atoms with Crippen LogP contribution >= 0.6 is 0 Å². The first-order valence-electron chi connectivity index (χ1n) is 29.2. The van der Waals surface area contributed by atoms with Crippen LogP contribution in [0.15, 0.2) is 0 Å². The SMILES string of the molecule is CCCCCCCCCCCCCCCCCCCC(=O)OC[C@@H](COC(=O)CCCCCCCCCCCCC(C)C)OC(=O)CCCCCCCCCCCCCCCCC(C)C. The van der Waals surface area contributed by atoms with Gasteiger partial charge in [0.15, 0.2) is 6.10 Å². The number of ether oxygens (including phenoxy) is 3. The molecule has 0 unspecified atom stereocenters. The van der Waals surface area contributed by atoms with E-state index in [4.69, 9.17) is 14.2 Å². The summed E-state index contributed by atoms with van der Waals surface area (Å²) in [7, 11) is 0. The quantitative estimate of drug-likeness (QED) is 0.0344. The van der Waals surface area contributed by atoms with E-state index in [0.29, 0.717) is 19.3 Å². The van der Waals surface area contributed by atoms with E-state index in [9.17, 15) is 14.4 Å². The van der Waals surface area contributed by atoms with Crippen LogP contribution in [0.1, 0.15) is 330 Å². The summed E-state index contributed by atoms with van der Waals surface area (Å²) in [6.45, 7) is 11.4. The molecule has 0 fully saturated rings. The van der Waals surface area contributed by atoms with Crippen LogP contribution in [-0.4, -0.2) is 37.2 Å². The molecule has 0 aliphatic rings. The fourth-order valence-corrected chi connectivity index (χ4v) is 9.05. The maximum Gasteiger partial charge on any atom is 0.306 e. The van der Waals surface area contributed by atoms with Gasteiger partial charge in [0.2, 0.25) is 0 Å². The highest BCUT2D eigenvalue weighted by molar-refractivity contribution is 5.71. The van der Waals surface area contributed by atoms with Crippen LogP contribution in [0.25, 0.3) is 0 Å². The molecule has 0 saturated heterocycles. The largest absolute Gasteiger partial charge is 0.462 e. The van der Waals surface area contributed by atoms with Gasteiger partial charge in [-0.25, -0.2) is 0 Å². The molecular weight excluding hydrogens is 805 g/mol. The zero-order chi connectivity index (χ0) is 47.5. The topological polar surface area (TPSA) is 78.9 Å². The molecule has 0 saturated carbocycles. The van der Waals surface area contributed by atoms with Gasteiger partial charge >= 0.3 is 17.9 Å². The second kappa shape index (κ2) is 51.8. The molecule has 0 bridgehead atoms. The van der Waals surface area contributed by atoms with Gasteiger partial charge in [-0.05, 0) is 31.1 Å². The van der Waals surface area contributed by atoms with Crippen LogP contribution in [0.5, 0.6) is 0 Å². The summed E-state index contributed by atoms with van der Waals surface area (Å²) in [5.41, 5.74) is 0. The summed E-state index contributed by atoms with van der Waals surface area (Å²) in [6, 6.07) is 0. The molecule has 0 amide bonds. The van der Waals surface area contributed by atoms with E-state index < -0.39 is 6.10 Å². The highest BCUT2D eigenvalue weighted by atomic mass is 16.6. The van der Waals surface area contributed by atoms with Crippen molar-refractivity contribution in [3.63, 3.8) is 0 Å². The summed E-state index contributed by atoms with van der Waals surface area (Å²) < 4.78 is 16.9. The summed E-state index contributed by atoms with van der Waals surface area (Å²) in [6.07, 6.45) is 55.2. The number of esters is 3. The lowest BCUT2D eigenvalue weighted by Gasteiger charge is -2.18. The van der Waals surface area contributed by atoms with E-state index in [1.807, 2.05) is 0 Å². The summed E-state index contributed by atoms with van der Waals surface area (Å²) in [5.74, 6) is 0.823. The van der Waals surface area contributed by atoms with Crippen LogP contribution in [0.2, 0.25) is 0 Å². The fraction of sp³-hybridized carbons (Fsp3) is 0.949. The molecule has 0 heterocycles. The molecule has 0 aromatic heterocycles. The van der Waals surface area contributed by atoms with Gasteiger partial charge in [0.25, 0.3) is 0 Å². The normalized spacial score (nSPS) is 12.0. The molecule has 0 aromatic rings. The predicted molar refractivity (Wildman–Crippen MR) is 280 cm³/mol. The third-order valence-electron chi connectivity index (χ3n) is 13.5. The minimum absolute atomic E-state index is 0.0627. The highest BCUT2D eigenvalue weighted by Crippen LogP contribution is 2.18.